The first-order valence-electron chi connectivity index (χ1n) is 5.68. The summed E-state index contributed by atoms with van der Waals surface area (Å²) in [6.45, 7) is -0.0357. The predicted octanol–water partition coefficient (Wildman–Crippen LogP) is 3.48. The number of amidine groups is 1. The molecule has 20 heavy (non-hydrogen) atoms. The molecule has 0 spiro atoms. The van der Waals surface area contributed by atoms with E-state index < -0.39 is 11.6 Å². The third kappa shape index (κ3) is 3.24. The first kappa shape index (κ1) is 14.3. The molecule has 3 N–H and O–H groups in total. The van der Waals surface area contributed by atoms with Crippen molar-refractivity contribution in [3.63, 3.8) is 0 Å². The predicted molar refractivity (Wildman–Crippen MR) is 73.2 cm³/mol. The summed E-state index contributed by atoms with van der Waals surface area (Å²) >= 11 is 5.62. The first-order chi connectivity index (χ1) is 9.47. The van der Waals surface area contributed by atoms with Gasteiger partial charge in [-0.15, -0.1) is 0 Å². The van der Waals surface area contributed by atoms with Gasteiger partial charge in [0.05, 0.1) is 5.02 Å². The minimum atomic E-state index is -0.545. The van der Waals surface area contributed by atoms with Crippen LogP contribution in [0.15, 0.2) is 36.4 Å². The Balaban J connectivity index is 2.10. The van der Waals surface area contributed by atoms with E-state index in [1.165, 1.54) is 36.4 Å². The standard InChI is InChI=1S/C14H11ClF2N2O/c15-11-6-10(3-4-12(11)16)20-7-9-2-1-8(14(18)19)5-13(9)17/h1-6H,7H2,(H3,18,19). The zero-order valence-electron chi connectivity index (χ0n) is 10.3. The summed E-state index contributed by atoms with van der Waals surface area (Å²) in [5, 5.41) is 7.15. The molecule has 0 aliphatic rings. The molecule has 0 atom stereocenters. The molecule has 2 rings (SSSR count). The third-order valence-corrected chi connectivity index (χ3v) is 2.94. The van der Waals surface area contributed by atoms with Crippen molar-refractivity contribution in [2.75, 3.05) is 0 Å². The molecule has 0 heterocycles. The van der Waals surface area contributed by atoms with Crippen LogP contribution >= 0.6 is 11.6 Å². The molecular formula is C14H11ClF2N2O. The molecular weight excluding hydrogens is 286 g/mol. The van der Waals surface area contributed by atoms with Gasteiger partial charge in [0.15, 0.2) is 0 Å². The van der Waals surface area contributed by atoms with Crippen molar-refractivity contribution in [2.24, 2.45) is 5.73 Å². The highest BCUT2D eigenvalue weighted by molar-refractivity contribution is 6.30. The molecule has 0 radical (unpaired) electrons. The van der Waals surface area contributed by atoms with Gasteiger partial charge in [-0.2, -0.15) is 0 Å². The van der Waals surface area contributed by atoms with Crippen LogP contribution in [-0.2, 0) is 6.61 Å². The van der Waals surface area contributed by atoms with Crippen molar-refractivity contribution >= 4 is 17.4 Å². The number of nitrogens with one attached hydrogen (secondary N) is 1. The van der Waals surface area contributed by atoms with Gasteiger partial charge in [0.1, 0.15) is 29.8 Å². The minimum absolute atomic E-state index is 0.0357. The van der Waals surface area contributed by atoms with Crippen LogP contribution in [0.4, 0.5) is 8.78 Å². The second-order valence-corrected chi connectivity index (χ2v) is 4.49. The van der Waals surface area contributed by atoms with E-state index in [-0.39, 0.29) is 17.5 Å². The van der Waals surface area contributed by atoms with E-state index in [1.807, 2.05) is 0 Å². The van der Waals surface area contributed by atoms with Gasteiger partial charge in [-0.05, 0) is 18.2 Å². The van der Waals surface area contributed by atoms with Crippen LogP contribution < -0.4 is 10.5 Å². The molecule has 0 saturated carbocycles. The number of benzene rings is 2. The number of nitrogens with two attached hydrogens (primary N) is 1. The van der Waals surface area contributed by atoms with E-state index in [9.17, 15) is 8.78 Å². The average molecular weight is 297 g/mol. The van der Waals surface area contributed by atoms with Crippen LogP contribution in [0.2, 0.25) is 5.02 Å². The van der Waals surface area contributed by atoms with E-state index in [4.69, 9.17) is 27.5 Å². The van der Waals surface area contributed by atoms with Gasteiger partial charge < -0.3 is 10.5 Å². The molecule has 0 amide bonds. The second kappa shape index (κ2) is 5.88. The maximum Gasteiger partial charge on any atom is 0.142 e. The Morgan fingerprint density at radius 2 is 1.90 bits per heavy atom. The van der Waals surface area contributed by atoms with Gasteiger partial charge >= 0.3 is 0 Å². The Labute approximate surface area is 119 Å². The van der Waals surface area contributed by atoms with Crippen LogP contribution in [-0.4, -0.2) is 5.84 Å². The maximum atomic E-state index is 13.7. The van der Waals surface area contributed by atoms with E-state index in [0.29, 0.717) is 16.9 Å². The number of hydrogen-bond donors (Lipinski definition) is 2. The zero-order valence-corrected chi connectivity index (χ0v) is 11.0. The highest BCUT2D eigenvalue weighted by atomic mass is 35.5. The summed E-state index contributed by atoms with van der Waals surface area (Å²) in [6, 6.07) is 8.08. The summed E-state index contributed by atoms with van der Waals surface area (Å²) in [6.07, 6.45) is 0. The number of halogens is 3. The van der Waals surface area contributed by atoms with Crippen LogP contribution in [0.25, 0.3) is 0 Å². The lowest BCUT2D eigenvalue weighted by atomic mass is 10.1. The molecule has 0 saturated heterocycles. The Bertz CT molecular complexity index is 662. The lowest BCUT2D eigenvalue weighted by Gasteiger charge is -2.08. The van der Waals surface area contributed by atoms with Crippen LogP contribution in [0.5, 0.6) is 5.75 Å². The summed E-state index contributed by atoms with van der Waals surface area (Å²) < 4.78 is 32.0. The molecule has 104 valence electrons. The molecule has 2 aromatic rings. The van der Waals surface area contributed by atoms with Crippen molar-refractivity contribution in [1.29, 1.82) is 5.41 Å². The van der Waals surface area contributed by atoms with Crippen LogP contribution in [0, 0.1) is 17.0 Å². The monoisotopic (exact) mass is 296 g/mol. The quantitative estimate of drug-likeness (QED) is 0.670. The molecule has 6 heteroatoms. The average Bonchev–Trinajstić information content (AvgIpc) is 2.41. The van der Waals surface area contributed by atoms with Crippen LogP contribution in [0.1, 0.15) is 11.1 Å². The molecule has 0 bridgehead atoms. The highest BCUT2D eigenvalue weighted by Crippen LogP contribution is 2.22. The van der Waals surface area contributed by atoms with Gasteiger partial charge in [-0.1, -0.05) is 23.7 Å². The van der Waals surface area contributed by atoms with Crippen molar-refractivity contribution in [2.45, 2.75) is 6.61 Å². The van der Waals surface area contributed by atoms with Gasteiger partial charge in [0.2, 0.25) is 0 Å². The first-order valence-corrected chi connectivity index (χ1v) is 6.06. The number of rotatable bonds is 4. The summed E-state index contributed by atoms with van der Waals surface area (Å²) in [7, 11) is 0. The Morgan fingerprint density at radius 3 is 2.50 bits per heavy atom. The topological polar surface area (TPSA) is 59.1 Å². The normalized spacial score (nSPS) is 10.3. The van der Waals surface area contributed by atoms with E-state index in [2.05, 4.69) is 0 Å². The van der Waals surface area contributed by atoms with Crippen molar-refractivity contribution in [3.05, 3.63) is 64.2 Å². The molecule has 0 fully saturated rings. The molecule has 0 unspecified atom stereocenters. The Kier molecular flexibility index (Phi) is 4.20. The number of hydrogen-bond acceptors (Lipinski definition) is 2. The van der Waals surface area contributed by atoms with Gasteiger partial charge in [-0.25, -0.2) is 8.78 Å². The molecule has 3 nitrogen and oxygen atoms in total. The smallest absolute Gasteiger partial charge is 0.142 e. The van der Waals surface area contributed by atoms with Crippen molar-refractivity contribution < 1.29 is 13.5 Å². The second-order valence-electron chi connectivity index (χ2n) is 4.08. The summed E-state index contributed by atoms with van der Waals surface area (Å²) in [5.74, 6) is -0.935. The van der Waals surface area contributed by atoms with Crippen molar-refractivity contribution in [3.8, 4) is 5.75 Å². The minimum Gasteiger partial charge on any atom is -0.489 e. The fourth-order valence-corrected chi connectivity index (χ4v) is 1.73. The summed E-state index contributed by atoms with van der Waals surface area (Å²) in [4.78, 5) is 0. The molecule has 0 aliphatic heterocycles. The maximum absolute atomic E-state index is 13.7. The molecule has 2 aromatic carbocycles. The van der Waals surface area contributed by atoms with E-state index in [0.717, 1.165) is 0 Å². The van der Waals surface area contributed by atoms with Gasteiger partial charge in [-0.3, -0.25) is 5.41 Å². The summed E-state index contributed by atoms with van der Waals surface area (Å²) in [5.41, 5.74) is 5.87. The van der Waals surface area contributed by atoms with Crippen molar-refractivity contribution in [1.82, 2.24) is 0 Å². The van der Waals surface area contributed by atoms with Gasteiger partial charge in [0.25, 0.3) is 0 Å². The largest absolute Gasteiger partial charge is 0.489 e. The number of nitrogen functional groups attached to an aromatic ring is 1. The third-order valence-electron chi connectivity index (χ3n) is 2.65. The van der Waals surface area contributed by atoms with Crippen LogP contribution in [0.3, 0.4) is 0 Å². The number of ether oxygens (including phenoxy) is 1. The SMILES string of the molecule is N=C(N)c1ccc(COc2ccc(F)c(Cl)c2)c(F)c1. The molecule has 0 aromatic heterocycles. The fraction of sp³-hybridized carbons (Fsp3) is 0.0714. The van der Waals surface area contributed by atoms with E-state index >= 15 is 0 Å². The zero-order chi connectivity index (χ0) is 14.7. The molecule has 0 aliphatic carbocycles. The van der Waals surface area contributed by atoms with Gasteiger partial charge in [0, 0.05) is 17.2 Å². The Morgan fingerprint density at radius 1 is 1.15 bits per heavy atom. The highest BCUT2D eigenvalue weighted by Gasteiger charge is 2.07. The fourth-order valence-electron chi connectivity index (χ4n) is 1.56. The lowest BCUT2D eigenvalue weighted by molar-refractivity contribution is 0.299. The Hall–Kier alpha value is -2.14. The lowest BCUT2D eigenvalue weighted by Crippen LogP contribution is -2.12. The van der Waals surface area contributed by atoms with E-state index in [1.54, 1.807) is 0 Å².